The second-order valence-electron chi connectivity index (χ2n) is 7.71. The SMILES string of the molecule is CCOC(=O)C1CCN(C(=O)c2ccc(NC(=O)C3(N)CCCC3)cc2)CC1.Cl. The number of likely N-dealkylation sites (tertiary alicyclic amines) is 1. The molecule has 0 bridgehead atoms. The molecular formula is C21H30ClN3O4. The number of rotatable bonds is 5. The van der Waals surface area contributed by atoms with Crippen LogP contribution in [0.2, 0.25) is 0 Å². The zero-order chi connectivity index (χ0) is 20.1. The number of anilines is 1. The third-order valence-electron chi connectivity index (χ3n) is 5.74. The normalized spacial score (nSPS) is 18.6. The van der Waals surface area contributed by atoms with Crippen LogP contribution in [-0.4, -0.2) is 47.9 Å². The maximum absolute atomic E-state index is 12.7. The van der Waals surface area contributed by atoms with Crippen LogP contribution in [-0.2, 0) is 14.3 Å². The van der Waals surface area contributed by atoms with Crippen LogP contribution in [0, 0.1) is 5.92 Å². The molecular weight excluding hydrogens is 394 g/mol. The van der Waals surface area contributed by atoms with E-state index in [1.54, 1.807) is 36.1 Å². The number of hydrogen-bond donors (Lipinski definition) is 2. The first-order chi connectivity index (χ1) is 13.4. The molecule has 1 heterocycles. The minimum atomic E-state index is -0.780. The van der Waals surface area contributed by atoms with Gasteiger partial charge in [0, 0.05) is 24.3 Å². The molecule has 0 spiro atoms. The van der Waals surface area contributed by atoms with Crippen molar-refractivity contribution in [2.45, 2.75) is 51.0 Å². The van der Waals surface area contributed by atoms with Crippen molar-refractivity contribution < 1.29 is 19.1 Å². The Hall–Kier alpha value is -2.12. The molecule has 160 valence electrons. The predicted molar refractivity (Wildman–Crippen MR) is 113 cm³/mol. The Morgan fingerprint density at radius 1 is 1.14 bits per heavy atom. The summed E-state index contributed by atoms with van der Waals surface area (Å²) >= 11 is 0. The number of nitrogens with one attached hydrogen (secondary N) is 1. The van der Waals surface area contributed by atoms with E-state index < -0.39 is 5.54 Å². The summed E-state index contributed by atoms with van der Waals surface area (Å²) in [6.07, 6.45) is 4.61. The van der Waals surface area contributed by atoms with Gasteiger partial charge in [0.2, 0.25) is 5.91 Å². The Balaban J connectivity index is 0.00000300. The Morgan fingerprint density at radius 3 is 2.28 bits per heavy atom. The average Bonchev–Trinajstić information content (AvgIpc) is 3.16. The van der Waals surface area contributed by atoms with Crippen LogP contribution in [0.4, 0.5) is 5.69 Å². The van der Waals surface area contributed by atoms with Gasteiger partial charge in [0.1, 0.15) is 0 Å². The minimum absolute atomic E-state index is 0. The molecule has 2 aliphatic rings. The lowest BCUT2D eigenvalue weighted by Crippen LogP contribution is -2.48. The monoisotopic (exact) mass is 423 g/mol. The summed E-state index contributed by atoms with van der Waals surface area (Å²) in [5.74, 6) is -0.522. The smallest absolute Gasteiger partial charge is 0.309 e. The summed E-state index contributed by atoms with van der Waals surface area (Å²) in [6.45, 7) is 3.25. The van der Waals surface area contributed by atoms with E-state index in [9.17, 15) is 14.4 Å². The lowest BCUT2D eigenvalue weighted by molar-refractivity contribution is -0.149. The molecule has 3 N–H and O–H groups in total. The van der Waals surface area contributed by atoms with Crippen molar-refractivity contribution >= 4 is 35.9 Å². The maximum Gasteiger partial charge on any atom is 0.309 e. The summed E-state index contributed by atoms with van der Waals surface area (Å²) in [5.41, 5.74) is 6.60. The average molecular weight is 424 g/mol. The predicted octanol–water partition coefficient (Wildman–Crippen LogP) is 2.73. The number of amides is 2. The Labute approximate surface area is 177 Å². The van der Waals surface area contributed by atoms with Crippen molar-refractivity contribution in [1.82, 2.24) is 4.90 Å². The van der Waals surface area contributed by atoms with E-state index in [0.717, 1.165) is 12.8 Å². The van der Waals surface area contributed by atoms with E-state index >= 15 is 0 Å². The molecule has 1 aliphatic heterocycles. The van der Waals surface area contributed by atoms with E-state index in [4.69, 9.17) is 10.5 Å². The molecule has 1 aromatic rings. The van der Waals surface area contributed by atoms with E-state index in [2.05, 4.69) is 5.32 Å². The van der Waals surface area contributed by atoms with Crippen LogP contribution in [0.1, 0.15) is 55.8 Å². The molecule has 2 fully saturated rings. The number of benzene rings is 1. The van der Waals surface area contributed by atoms with Gasteiger partial charge in [-0.3, -0.25) is 14.4 Å². The van der Waals surface area contributed by atoms with Gasteiger partial charge in [-0.25, -0.2) is 0 Å². The highest BCUT2D eigenvalue weighted by Gasteiger charge is 2.37. The van der Waals surface area contributed by atoms with Gasteiger partial charge in [0.25, 0.3) is 5.91 Å². The molecule has 1 saturated carbocycles. The fourth-order valence-electron chi connectivity index (χ4n) is 3.95. The third-order valence-corrected chi connectivity index (χ3v) is 5.74. The molecule has 1 aromatic carbocycles. The van der Waals surface area contributed by atoms with Crippen LogP contribution in [0.25, 0.3) is 0 Å². The van der Waals surface area contributed by atoms with E-state index in [-0.39, 0.29) is 36.1 Å². The first kappa shape index (κ1) is 23.2. The summed E-state index contributed by atoms with van der Waals surface area (Å²) in [7, 11) is 0. The largest absolute Gasteiger partial charge is 0.466 e. The van der Waals surface area contributed by atoms with Crippen molar-refractivity contribution in [3.05, 3.63) is 29.8 Å². The fourth-order valence-corrected chi connectivity index (χ4v) is 3.95. The van der Waals surface area contributed by atoms with E-state index in [1.807, 2.05) is 0 Å². The first-order valence-corrected chi connectivity index (χ1v) is 10.1. The molecule has 7 nitrogen and oxygen atoms in total. The number of esters is 1. The van der Waals surface area contributed by atoms with Crippen LogP contribution in [0.5, 0.6) is 0 Å². The molecule has 29 heavy (non-hydrogen) atoms. The Morgan fingerprint density at radius 2 is 1.72 bits per heavy atom. The van der Waals surface area contributed by atoms with Crippen molar-refractivity contribution in [3.8, 4) is 0 Å². The molecule has 3 rings (SSSR count). The molecule has 8 heteroatoms. The number of nitrogens with two attached hydrogens (primary N) is 1. The zero-order valence-corrected chi connectivity index (χ0v) is 17.6. The maximum atomic E-state index is 12.7. The van der Waals surface area contributed by atoms with Crippen molar-refractivity contribution in [3.63, 3.8) is 0 Å². The number of nitrogens with zero attached hydrogens (tertiary/aromatic N) is 1. The van der Waals surface area contributed by atoms with Gasteiger partial charge in [-0.05, 0) is 56.9 Å². The lowest BCUT2D eigenvalue weighted by Gasteiger charge is -2.31. The molecule has 0 unspecified atom stereocenters. The third kappa shape index (κ3) is 5.48. The highest BCUT2D eigenvalue weighted by molar-refractivity contribution is 5.99. The number of carbonyl (C=O) groups is 3. The summed E-state index contributed by atoms with van der Waals surface area (Å²) in [6, 6.07) is 6.89. The number of ether oxygens (including phenoxy) is 1. The number of piperidine rings is 1. The zero-order valence-electron chi connectivity index (χ0n) is 16.8. The van der Waals surface area contributed by atoms with E-state index in [1.165, 1.54) is 0 Å². The fraction of sp³-hybridized carbons (Fsp3) is 0.571. The van der Waals surface area contributed by atoms with Gasteiger partial charge in [-0.1, -0.05) is 12.8 Å². The second kappa shape index (κ2) is 10.1. The van der Waals surface area contributed by atoms with Gasteiger partial charge in [-0.2, -0.15) is 0 Å². The molecule has 1 saturated heterocycles. The molecule has 0 radical (unpaired) electrons. The highest BCUT2D eigenvalue weighted by Crippen LogP contribution is 2.28. The quantitative estimate of drug-likeness (QED) is 0.709. The van der Waals surface area contributed by atoms with Crippen LogP contribution < -0.4 is 11.1 Å². The topological polar surface area (TPSA) is 102 Å². The Kier molecular flexibility index (Phi) is 8.05. The highest BCUT2D eigenvalue weighted by atomic mass is 35.5. The van der Waals surface area contributed by atoms with Gasteiger partial charge < -0.3 is 20.7 Å². The van der Waals surface area contributed by atoms with Crippen LogP contribution >= 0.6 is 12.4 Å². The van der Waals surface area contributed by atoms with Crippen molar-refractivity contribution in [1.29, 1.82) is 0 Å². The standard InChI is InChI=1S/C21H29N3O4.ClH/c1-2-28-19(26)16-9-13-24(14-10-16)18(25)15-5-7-17(8-6-15)23-20(27)21(22)11-3-4-12-21;/h5-8,16H,2-4,9-14,22H2,1H3,(H,23,27);1H. The van der Waals surface area contributed by atoms with Crippen LogP contribution in [0.15, 0.2) is 24.3 Å². The van der Waals surface area contributed by atoms with E-state index in [0.29, 0.717) is 56.6 Å². The molecule has 2 amide bonds. The summed E-state index contributed by atoms with van der Waals surface area (Å²) < 4.78 is 5.06. The van der Waals surface area contributed by atoms with Crippen molar-refractivity contribution in [2.24, 2.45) is 11.7 Å². The summed E-state index contributed by atoms with van der Waals surface area (Å²) in [5, 5.41) is 2.86. The van der Waals surface area contributed by atoms with Crippen molar-refractivity contribution in [2.75, 3.05) is 25.0 Å². The minimum Gasteiger partial charge on any atom is -0.466 e. The van der Waals surface area contributed by atoms with Crippen LogP contribution in [0.3, 0.4) is 0 Å². The van der Waals surface area contributed by atoms with Gasteiger partial charge in [0.15, 0.2) is 0 Å². The number of halogens is 1. The molecule has 0 aromatic heterocycles. The molecule has 1 aliphatic carbocycles. The number of hydrogen-bond acceptors (Lipinski definition) is 5. The molecule has 0 atom stereocenters. The van der Waals surface area contributed by atoms with Gasteiger partial charge in [-0.15, -0.1) is 12.4 Å². The second-order valence-corrected chi connectivity index (χ2v) is 7.71. The first-order valence-electron chi connectivity index (χ1n) is 10.1. The summed E-state index contributed by atoms with van der Waals surface area (Å²) in [4.78, 5) is 38.7. The van der Waals surface area contributed by atoms with Gasteiger partial charge in [0.05, 0.1) is 18.1 Å². The Bertz CT molecular complexity index is 724. The lowest BCUT2D eigenvalue weighted by atomic mass is 9.96. The van der Waals surface area contributed by atoms with Gasteiger partial charge >= 0.3 is 5.97 Å². The number of carbonyl (C=O) groups excluding carboxylic acids is 3.